The maximum absolute atomic E-state index is 12.2. The van der Waals surface area contributed by atoms with E-state index in [2.05, 4.69) is 43.0 Å². The van der Waals surface area contributed by atoms with Gasteiger partial charge < -0.3 is 10.1 Å². The van der Waals surface area contributed by atoms with Crippen LogP contribution in [-0.4, -0.2) is 31.4 Å². The molecule has 1 aromatic carbocycles. The topological polar surface area (TPSA) is 81.9 Å². The van der Waals surface area contributed by atoms with Crippen molar-refractivity contribution in [2.75, 3.05) is 11.1 Å². The van der Waals surface area contributed by atoms with Crippen molar-refractivity contribution in [2.24, 2.45) is 0 Å². The Labute approximate surface area is 175 Å². The number of hydrogen-bond donors (Lipinski definition) is 1. The Balaban J connectivity index is 1.59. The minimum Gasteiger partial charge on any atom is -0.486 e. The zero-order valence-corrected chi connectivity index (χ0v) is 17.3. The van der Waals surface area contributed by atoms with Crippen LogP contribution < -0.4 is 10.1 Å². The summed E-state index contributed by atoms with van der Waals surface area (Å²) in [5, 5.41) is 11.8. The van der Waals surface area contributed by atoms with Gasteiger partial charge in [-0.3, -0.25) is 9.36 Å². The van der Waals surface area contributed by atoms with Crippen molar-refractivity contribution in [3.63, 3.8) is 0 Å². The van der Waals surface area contributed by atoms with Gasteiger partial charge >= 0.3 is 0 Å². The van der Waals surface area contributed by atoms with Gasteiger partial charge in [0.25, 0.3) is 0 Å². The molecular formula is C19H18BrN5O2S. The maximum atomic E-state index is 12.2. The molecule has 7 nitrogen and oxygen atoms in total. The van der Waals surface area contributed by atoms with Gasteiger partial charge in [-0.05, 0) is 40.2 Å². The molecule has 0 spiro atoms. The van der Waals surface area contributed by atoms with Gasteiger partial charge in [0.2, 0.25) is 5.91 Å². The van der Waals surface area contributed by atoms with Crippen LogP contribution in [0, 0.1) is 0 Å². The Morgan fingerprint density at radius 3 is 2.79 bits per heavy atom. The zero-order chi connectivity index (χ0) is 19.8. The summed E-state index contributed by atoms with van der Waals surface area (Å²) in [5.74, 6) is 1.94. The molecule has 0 aliphatic carbocycles. The first-order chi connectivity index (χ1) is 13.7. The molecule has 9 heteroatoms. The molecule has 144 valence electrons. The van der Waals surface area contributed by atoms with E-state index in [1.54, 1.807) is 18.3 Å². The van der Waals surface area contributed by atoms with Crippen LogP contribution in [0.5, 0.6) is 5.75 Å². The van der Waals surface area contributed by atoms with Crippen LogP contribution in [0.3, 0.4) is 0 Å². The SMILES string of the molecule is C=CCn1c(COc2ccccc2)nnc1SCC(=O)Nc1ccc(Br)cn1. The Bertz CT molecular complexity index is 931. The van der Waals surface area contributed by atoms with Gasteiger partial charge in [0, 0.05) is 17.2 Å². The Morgan fingerprint density at radius 1 is 1.25 bits per heavy atom. The van der Waals surface area contributed by atoms with E-state index in [4.69, 9.17) is 4.74 Å². The van der Waals surface area contributed by atoms with Gasteiger partial charge in [-0.25, -0.2) is 4.98 Å². The third kappa shape index (κ3) is 5.67. The second kappa shape index (κ2) is 10.0. The van der Waals surface area contributed by atoms with Crippen LogP contribution >= 0.6 is 27.7 Å². The number of thioether (sulfide) groups is 1. The standard InChI is InChI=1S/C19H18BrN5O2S/c1-2-10-25-17(12-27-15-6-4-3-5-7-15)23-24-19(25)28-13-18(26)22-16-9-8-14(20)11-21-16/h2-9,11H,1,10,12-13H2,(H,21,22,26). The van der Waals surface area contributed by atoms with E-state index in [1.807, 2.05) is 41.0 Å². The lowest BCUT2D eigenvalue weighted by Gasteiger charge is -2.09. The second-order valence-electron chi connectivity index (χ2n) is 5.60. The lowest BCUT2D eigenvalue weighted by Crippen LogP contribution is -2.15. The second-order valence-corrected chi connectivity index (χ2v) is 7.46. The highest BCUT2D eigenvalue weighted by Crippen LogP contribution is 2.19. The summed E-state index contributed by atoms with van der Waals surface area (Å²) >= 11 is 4.61. The van der Waals surface area contributed by atoms with E-state index in [0.717, 1.165) is 10.2 Å². The van der Waals surface area contributed by atoms with Gasteiger partial charge in [0.05, 0.1) is 5.75 Å². The smallest absolute Gasteiger partial charge is 0.236 e. The molecule has 0 fully saturated rings. The number of aromatic nitrogens is 4. The van der Waals surface area contributed by atoms with Crippen molar-refractivity contribution >= 4 is 39.4 Å². The van der Waals surface area contributed by atoms with Gasteiger partial charge in [-0.2, -0.15) is 0 Å². The molecule has 1 amide bonds. The summed E-state index contributed by atoms with van der Waals surface area (Å²) in [7, 11) is 0. The molecule has 0 unspecified atom stereocenters. The molecule has 0 saturated heterocycles. The predicted octanol–water partition coefficient (Wildman–Crippen LogP) is 3.93. The minimum absolute atomic E-state index is 0.171. The highest BCUT2D eigenvalue weighted by atomic mass is 79.9. The Kier molecular flexibility index (Phi) is 7.21. The largest absolute Gasteiger partial charge is 0.486 e. The monoisotopic (exact) mass is 459 g/mol. The summed E-state index contributed by atoms with van der Waals surface area (Å²) < 4.78 is 8.48. The normalized spacial score (nSPS) is 10.5. The molecule has 2 heterocycles. The number of allylic oxidation sites excluding steroid dienone is 1. The van der Waals surface area contributed by atoms with Crippen molar-refractivity contribution in [3.8, 4) is 5.75 Å². The molecule has 1 N–H and O–H groups in total. The molecule has 28 heavy (non-hydrogen) atoms. The molecule has 0 atom stereocenters. The summed E-state index contributed by atoms with van der Waals surface area (Å²) in [6, 6.07) is 13.0. The summed E-state index contributed by atoms with van der Waals surface area (Å²) in [6.45, 7) is 4.58. The highest BCUT2D eigenvalue weighted by molar-refractivity contribution is 9.10. The van der Waals surface area contributed by atoms with Gasteiger partial charge in [0.15, 0.2) is 11.0 Å². The number of carbonyl (C=O) groups is 1. The molecule has 0 saturated carbocycles. The van der Waals surface area contributed by atoms with Crippen LogP contribution in [0.1, 0.15) is 5.82 Å². The maximum Gasteiger partial charge on any atom is 0.236 e. The fourth-order valence-electron chi connectivity index (χ4n) is 2.27. The number of nitrogens with zero attached hydrogens (tertiary/aromatic N) is 4. The van der Waals surface area contributed by atoms with Crippen molar-refractivity contribution in [2.45, 2.75) is 18.3 Å². The summed E-state index contributed by atoms with van der Waals surface area (Å²) in [5.41, 5.74) is 0. The van der Waals surface area contributed by atoms with Gasteiger partial charge in [-0.15, -0.1) is 16.8 Å². The molecule has 3 rings (SSSR count). The van der Waals surface area contributed by atoms with E-state index in [-0.39, 0.29) is 18.3 Å². The Hall–Kier alpha value is -2.65. The van der Waals surface area contributed by atoms with Crippen molar-refractivity contribution in [1.82, 2.24) is 19.7 Å². The van der Waals surface area contributed by atoms with Crippen LogP contribution in [0.2, 0.25) is 0 Å². The minimum atomic E-state index is -0.171. The fraction of sp³-hybridized carbons (Fsp3) is 0.158. The average Bonchev–Trinajstić information content (AvgIpc) is 3.09. The van der Waals surface area contributed by atoms with E-state index >= 15 is 0 Å². The van der Waals surface area contributed by atoms with Crippen molar-refractivity contribution in [1.29, 1.82) is 0 Å². The average molecular weight is 460 g/mol. The summed E-state index contributed by atoms with van der Waals surface area (Å²) in [6.07, 6.45) is 3.38. The number of anilines is 1. The number of para-hydroxylation sites is 1. The van der Waals surface area contributed by atoms with Crippen molar-refractivity contribution < 1.29 is 9.53 Å². The van der Waals surface area contributed by atoms with Crippen LogP contribution in [0.4, 0.5) is 5.82 Å². The number of carbonyl (C=O) groups excluding carboxylic acids is 1. The first-order valence-corrected chi connectivity index (χ1v) is 10.2. The van der Waals surface area contributed by atoms with Crippen LogP contribution in [-0.2, 0) is 17.9 Å². The number of nitrogens with one attached hydrogen (secondary N) is 1. The quantitative estimate of drug-likeness (QED) is 0.385. The van der Waals surface area contributed by atoms with E-state index < -0.39 is 0 Å². The number of pyridine rings is 1. The molecule has 0 aliphatic rings. The summed E-state index contributed by atoms with van der Waals surface area (Å²) in [4.78, 5) is 16.3. The van der Waals surface area contributed by atoms with E-state index in [0.29, 0.717) is 23.3 Å². The number of amides is 1. The van der Waals surface area contributed by atoms with Crippen LogP contribution in [0.15, 0.2) is 70.9 Å². The third-order valence-electron chi connectivity index (χ3n) is 3.54. The first-order valence-electron chi connectivity index (χ1n) is 8.40. The van der Waals surface area contributed by atoms with E-state index in [9.17, 15) is 4.79 Å². The lowest BCUT2D eigenvalue weighted by molar-refractivity contribution is -0.113. The number of halogens is 1. The number of benzene rings is 1. The number of hydrogen-bond acceptors (Lipinski definition) is 6. The predicted molar refractivity (Wildman–Crippen MR) is 112 cm³/mol. The van der Waals surface area contributed by atoms with Crippen molar-refractivity contribution in [3.05, 3.63) is 71.6 Å². The fourth-order valence-corrected chi connectivity index (χ4v) is 3.27. The molecule has 0 radical (unpaired) electrons. The third-order valence-corrected chi connectivity index (χ3v) is 4.98. The molecule has 3 aromatic rings. The van der Waals surface area contributed by atoms with E-state index in [1.165, 1.54) is 11.8 Å². The Morgan fingerprint density at radius 2 is 2.07 bits per heavy atom. The number of ether oxygens (including phenoxy) is 1. The van der Waals surface area contributed by atoms with Gasteiger partial charge in [0.1, 0.15) is 18.2 Å². The lowest BCUT2D eigenvalue weighted by atomic mass is 10.3. The van der Waals surface area contributed by atoms with Crippen LogP contribution in [0.25, 0.3) is 0 Å². The first kappa shape index (κ1) is 20.1. The molecular weight excluding hydrogens is 442 g/mol. The molecule has 0 aliphatic heterocycles. The zero-order valence-electron chi connectivity index (χ0n) is 14.9. The number of rotatable bonds is 9. The van der Waals surface area contributed by atoms with Gasteiger partial charge in [-0.1, -0.05) is 36.0 Å². The highest BCUT2D eigenvalue weighted by Gasteiger charge is 2.14. The molecule has 0 bridgehead atoms. The molecule has 2 aromatic heterocycles.